The second-order valence-electron chi connectivity index (χ2n) is 10.9. The van der Waals surface area contributed by atoms with Crippen molar-refractivity contribution in [1.29, 1.82) is 0 Å². The quantitative estimate of drug-likeness (QED) is 0.260. The molecule has 1 saturated carbocycles. The molecule has 3 aromatic rings. The zero-order valence-corrected chi connectivity index (χ0v) is 24.9. The van der Waals surface area contributed by atoms with E-state index >= 15 is 0 Å². The van der Waals surface area contributed by atoms with Crippen LogP contribution < -0.4 is 16.0 Å². The third-order valence-electron chi connectivity index (χ3n) is 8.03. The van der Waals surface area contributed by atoms with Gasteiger partial charge in [0.05, 0.1) is 15.6 Å². The van der Waals surface area contributed by atoms with Crippen LogP contribution in [0.25, 0.3) is 0 Å². The molecule has 6 rings (SSSR count). The number of aromatic nitrogens is 1. The van der Waals surface area contributed by atoms with E-state index < -0.39 is 29.9 Å². The smallest absolute Gasteiger partial charge is 0.326 e. The maximum Gasteiger partial charge on any atom is 0.326 e. The van der Waals surface area contributed by atoms with Gasteiger partial charge in [0.1, 0.15) is 12.1 Å². The van der Waals surface area contributed by atoms with Gasteiger partial charge < -0.3 is 26.0 Å². The highest BCUT2D eigenvalue weighted by atomic mass is 35.5. The minimum absolute atomic E-state index is 0.00763. The van der Waals surface area contributed by atoms with Gasteiger partial charge in [-0.15, -0.1) is 0 Å². The topological polar surface area (TPSA) is 141 Å². The molecule has 2 bridgehead atoms. The summed E-state index contributed by atoms with van der Waals surface area (Å²) in [6, 6.07) is 11.5. The maximum atomic E-state index is 13.6. The van der Waals surface area contributed by atoms with E-state index in [1.165, 1.54) is 12.4 Å². The van der Waals surface area contributed by atoms with E-state index in [-0.39, 0.29) is 40.0 Å². The van der Waals surface area contributed by atoms with Crippen molar-refractivity contribution in [1.82, 2.24) is 15.2 Å². The van der Waals surface area contributed by atoms with Gasteiger partial charge >= 0.3 is 12.0 Å². The van der Waals surface area contributed by atoms with Crippen molar-refractivity contribution in [2.24, 2.45) is 5.92 Å². The Labute approximate surface area is 258 Å². The molecule has 2 aliphatic heterocycles. The minimum Gasteiger partial charge on any atom is -0.480 e. The first kappa shape index (κ1) is 30.3. The van der Waals surface area contributed by atoms with Crippen molar-refractivity contribution in [2.75, 3.05) is 10.6 Å². The summed E-state index contributed by atoms with van der Waals surface area (Å²) < 4.78 is 0. The standard InChI is InChI=1S/C31H31Cl2N5O5/c1-17-2-8-21(9-3-17)36-31(43)38-22-12-6-19(7-13-22)27(38)29(40)37-25(30(41)42)14-18-4-10-20(11-5-18)35-28(39)26-23(32)15-34-16-24(26)33/h2-5,8-11,15-16,19,22,25,27H,6-7,12-14H2,1H3,(H,35,39)(H,36,43)(H,37,40)(H,41,42). The number of benzene rings is 2. The first-order chi connectivity index (χ1) is 20.6. The second kappa shape index (κ2) is 13.0. The van der Waals surface area contributed by atoms with Crippen LogP contribution in [0.4, 0.5) is 16.2 Å². The molecule has 2 unspecified atom stereocenters. The van der Waals surface area contributed by atoms with Crippen molar-refractivity contribution in [3.8, 4) is 0 Å². The molecular formula is C31H31Cl2N5O5. The molecule has 224 valence electrons. The van der Waals surface area contributed by atoms with Crippen LogP contribution in [0.15, 0.2) is 60.9 Å². The Morgan fingerprint density at radius 1 is 0.907 bits per heavy atom. The monoisotopic (exact) mass is 623 g/mol. The Hall–Kier alpha value is -4.15. The molecule has 3 aliphatic rings. The van der Waals surface area contributed by atoms with E-state index in [1.807, 2.05) is 31.2 Å². The summed E-state index contributed by atoms with van der Waals surface area (Å²) in [6.07, 6.45) is 5.87. The molecule has 3 fully saturated rings. The van der Waals surface area contributed by atoms with E-state index in [0.29, 0.717) is 16.9 Å². The van der Waals surface area contributed by atoms with E-state index in [9.17, 15) is 24.3 Å². The SMILES string of the molecule is Cc1ccc(NC(=O)N2C3CCC(CC3)C2C(=O)NC(Cc2ccc(NC(=O)c3c(Cl)cncc3Cl)cc2)C(=O)O)cc1. The first-order valence-corrected chi connectivity index (χ1v) is 14.7. The number of halogens is 2. The molecule has 43 heavy (non-hydrogen) atoms. The number of carboxylic acids is 1. The first-order valence-electron chi connectivity index (χ1n) is 14.0. The summed E-state index contributed by atoms with van der Waals surface area (Å²) in [7, 11) is 0. The van der Waals surface area contributed by atoms with Crippen LogP contribution in [0.1, 0.15) is 47.2 Å². The number of carboxylic acid groups (broad SMARTS) is 1. The molecule has 4 amide bonds. The van der Waals surface area contributed by atoms with Crippen LogP contribution in [0.5, 0.6) is 0 Å². The zero-order valence-electron chi connectivity index (χ0n) is 23.3. The lowest BCUT2D eigenvalue weighted by molar-refractivity contribution is -0.144. The molecule has 3 heterocycles. The number of carbonyl (C=O) groups excluding carboxylic acids is 3. The fourth-order valence-electron chi connectivity index (χ4n) is 5.85. The van der Waals surface area contributed by atoms with Crippen LogP contribution in [0.3, 0.4) is 0 Å². The third-order valence-corrected chi connectivity index (χ3v) is 8.61. The van der Waals surface area contributed by atoms with Gasteiger partial charge in [0.2, 0.25) is 5.91 Å². The van der Waals surface area contributed by atoms with Gasteiger partial charge in [-0.3, -0.25) is 14.6 Å². The molecule has 10 nitrogen and oxygen atoms in total. The minimum atomic E-state index is -1.22. The maximum absolute atomic E-state index is 13.6. The van der Waals surface area contributed by atoms with Gasteiger partial charge in [-0.1, -0.05) is 53.0 Å². The highest BCUT2D eigenvalue weighted by Gasteiger charge is 2.48. The van der Waals surface area contributed by atoms with E-state index in [1.54, 1.807) is 29.2 Å². The summed E-state index contributed by atoms with van der Waals surface area (Å²) in [5.74, 6) is -2.23. The van der Waals surface area contributed by atoms with E-state index in [4.69, 9.17) is 23.2 Å². The third kappa shape index (κ3) is 6.92. The van der Waals surface area contributed by atoms with Crippen LogP contribution in [0.2, 0.25) is 10.0 Å². The fourth-order valence-corrected chi connectivity index (χ4v) is 6.38. The summed E-state index contributed by atoms with van der Waals surface area (Å²) in [5.41, 5.74) is 2.86. The molecule has 2 saturated heterocycles. The molecule has 12 heteroatoms. The molecule has 2 atom stereocenters. The average Bonchev–Trinajstić information content (AvgIpc) is 2.98. The van der Waals surface area contributed by atoms with Gasteiger partial charge in [-0.05, 0) is 68.4 Å². The van der Waals surface area contributed by atoms with Gasteiger partial charge in [0.25, 0.3) is 5.91 Å². The van der Waals surface area contributed by atoms with Gasteiger partial charge in [-0.25, -0.2) is 9.59 Å². The largest absolute Gasteiger partial charge is 0.480 e. The number of hydrogen-bond acceptors (Lipinski definition) is 5. The summed E-state index contributed by atoms with van der Waals surface area (Å²) >= 11 is 12.1. The Morgan fingerprint density at radius 2 is 1.49 bits per heavy atom. The number of pyridine rings is 1. The summed E-state index contributed by atoms with van der Waals surface area (Å²) in [4.78, 5) is 57.3. The predicted octanol–water partition coefficient (Wildman–Crippen LogP) is 5.54. The average molecular weight is 625 g/mol. The summed E-state index contributed by atoms with van der Waals surface area (Å²) in [6.45, 7) is 1.96. The van der Waals surface area contributed by atoms with E-state index in [0.717, 1.165) is 31.2 Å². The molecule has 1 aromatic heterocycles. The number of aliphatic carboxylic acids is 1. The van der Waals surface area contributed by atoms with Crippen LogP contribution in [0, 0.1) is 12.8 Å². The number of aryl methyl sites for hydroxylation is 1. The van der Waals surface area contributed by atoms with Gasteiger partial charge in [0, 0.05) is 36.2 Å². The van der Waals surface area contributed by atoms with Gasteiger partial charge in [-0.2, -0.15) is 0 Å². The van der Waals surface area contributed by atoms with Crippen LogP contribution in [-0.4, -0.2) is 56.9 Å². The second-order valence-corrected chi connectivity index (χ2v) is 11.8. The Morgan fingerprint density at radius 3 is 2.09 bits per heavy atom. The number of amides is 4. The van der Waals surface area contributed by atoms with Crippen molar-refractivity contribution in [3.05, 3.63) is 87.7 Å². The molecule has 0 radical (unpaired) electrons. The van der Waals surface area contributed by atoms with Crippen LogP contribution in [-0.2, 0) is 16.0 Å². The number of hydrogen-bond donors (Lipinski definition) is 4. The Balaban J connectivity index is 1.25. The Kier molecular flexibility index (Phi) is 9.17. The van der Waals surface area contributed by atoms with Crippen molar-refractivity contribution < 1.29 is 24.3 Å². The summed E-state index contributed by atoms with van der Waals surface area (Å²) in [5, 5.41) is 18.5. The number of piperidine rings is 2. The number of nitrogens with one attached hydrogen (secondary N) is 3. The number of rotatable bonds is 8. The predicted molar refractivity (Wildman–Crippen MR) is 163 cm³/mol. The molecule has 2 aromatic carbocycles. The zero-order chi connectivity index (χ0) is 30.7. The fraction of sp³-hybridized carbons (Fsp3) is 0.323. The van der Waals surface area contributed by atoms with Crippen molar-refractivity contribution in [2.45, 2.75) is 57.2 Å². The Bertz CT molecular complexity index is 1500. The van der Waals surface area contributed by atoms with Crippen molar-refractivity contribution in [3.63, 3.8) is 0 Å². The van der Waals surface area contributed by atoms with Crippen LogP contribution >= 0.6 is 23.2 Å². The highest BCUT2D eigenvalue weighted by molar-refractivity contribution is 6.40. The number of anilines is 2. The lowest BCUT2D eigenvalue weighted by Gasteiger charge is -2.50. The lowest BCUT2D eigenvalue weighted by Crippen LogP contribution is -2.64. The lowest BCUT2D eigenvalue weighted by atomic mass is 9.74. The van der Waals surface area contributed by atoms with Crippen molar-refractivity contribution >= 4 is 58.4 Å². The number of nitrogens with zero attached hydrogens (tertiary/aromatic N) is 2. The number of carbonyl (C=O) groups is 4. The molecule has 1 aliphatic carbocycles. The molecule has 0 spiro atoms. The molecular weight excluding hydrogens is 593 g/mol. The van der Waals surface area contributed by atoms with E-state index in [2.05, 4.69) is 20.9 Å². The van der Waals surface area contributed by atoms with Gasteiger partial charge in [0.15, 0.2) is 0 Å². The molecule has 4 N–H and O–H groups in total. The number of urea groups is 1. The normalized spacial score (nSPS) is 19.8. The highest BCUT2D eigenvalue weighted by Crippen LogP contribution is 2.40. The number of fused-ring (bicyclic) bond motifs is 3.